The van der Waals surface area contributed by atoms with Gasteiger partial charge in [-0.05, 0) is 43.7 Å². The third-order valence-electron chi connectivity index (χ3n) is 7.77. The summed E-state index contributed by atoms with van der Waals surface area (Å²) in [7, 11) is 0. The van der Waals surface area contributed by atoms with Crippen LogP contribution in [0.3, 0.4) is 0 Å². The van der Waals surface area contributed by atoms with E-state index in [-0.39, 0.29) is 24.9 Å². The zero-order valence-electron chi connectivity index (χ0n) is 23.8. The first kappa shape index (κ1) is 28.6. The third kappa shape index (κ3) is 6.45. The van der Waals surface area contributed by atoms with Crippen LogP contribution in [-0.2, 0) is 19.0 Å². The molecule has 0 unspecified atom stereocenters. The zero-order chi connectivity index (χ0) is 28.9. The van der Waals surface area contributed by atoms with Crippen LogP contribution >= 0.6 is 0 Å². The number of amides is 1. The lowest BCUT2D eigenvalue weighted by Gasteiger charge is -2.39. The molecule has 13 heteroatoms. The number of benzene rings is 1. The molecule has 0 spiro atoms. The number of anilines is 1. The third-order valence-corrected chi connectivity index (χ3v) is 7.77. The molecule has 3 aliphatic rings. The van der Waals surface area contributed by atoms with Crippen molar-refractivity contribution in [1.29, 1.82) is 0 Å². The number of morpholine rings is 1. The molecule has 3 N–H and O–H groups in total. The Morgan fingerprint density at radius 2 is 1.90 bits per heavy atom. The maximum Gasteiger partial charge on any atom is 0.233 e. The van der Waals surface area contributed by atoms with Gasteiger partial charge in [-0.25, -0.2) is 19.3 Å². The standard InChI is InChI=1S/C29H37FN8O4/c1-29(27(39)38-13-15-40-16-14-38)17-41-26(42-18-29)25-35-23(20-3-5-21(30)6-4-20)24(36-25)22-7-9-33-28(34-22)32-8-2-11-37-12-10-31-19-37/h3-7,9,26,31H,2,8,10-19H2,1H3,(H,35,36)(H,32,33,34). The average Bonchev–Trinajstić information content (AvgIpc) is 3.71. The van der Waals surface area contributed by atoms with Crippen LogP contribution < -0.4 is 10.6 Å². The van der Waals surface area contributed by atoms with Gasteiger partial charge in [0.2, 0.25) is 18.1 Å². The van der Waals surface area contributed by atoms with Crippen molar-refractivity contribution in [2.75, 3.05) is 77.7 Å². The minimum atomic E-state index is -0.804. The molecule has 2 aromatic heterocycles. The molecule has 1 amide bonds. The zero-order valence-corrected chi connectivity index (χ0v) is 23.8. The van der Waals surface area contributed by atoms with Crippen LogP contribution in [0, 0.1) is 11.2 Å². The number of H-pyrrole nitrogens is 1. The molecule has 12 nitrogen and oxygen atoms in total. The molecule has 1 aromatic carbocycles. The van der Waals surface area contributed by atoms with Crippen molar-refractivity contribution in [3.8, 4) is 22.6 Å². The maximum absolute atomic E-state index is 13.8. The van der Waals surface area contributed by atoms with Crippen molar-refractivity contribution in [3.63, 3.8) is 0 Å². The van der Waals surface area contributed by atoms with Crippen molar-refractivity contribution >= 4 is 11.9 Å². The van der Waals surface area contributed by atoms with Crippen LogP contribution in [0.15, 0.2) is 36.5 Å². The van der Waals surface area contributed by atoms with E-state index in [2.05, 4.69) is 25.5 Å². The summed E-state index contributed by atoms with van der Waals surface area (Å²) in [5.74, 6) is 0.611. The van der Waals surface area contributed by atoms with Gasteiger partial charge in [-0.1, -0.05) is 0 Å². The molecule has 3 aliphatic heterocycles. The number of nitrogens with one attached hydrogen (secondary N) is 3. The van der Waals surface area contributed by atoms with Gasteiger partial charge >= 0.3 is 0 Å². The molecule has 5 heterocycles. The largest absolute Gasteiger partial charge is 0.378 e. The lowest BCUT2D eigenvalue weighted by atomic mass is 9.90. The fourth-order valence-electron chi connectivity index (χ4n) is 5.37. The number of ether oxygens (including phenoxy) is 3. The predicted molar refractivity (Wildman–Crippen MR) is 153 cm³/mol. The number of carbonyl (C=O) groups is 1. The highest BCUT2D eigenvalue weighted by Crippen LogP contribution is 2.36. The topological polar surface area (TPSA) is 130 Å². The van der Waals surface area contributed by atoms with Crippen molar-refractivity contribution in [2.24, 2.45) is 5.41 Å². The molecule has 3 fully saturated rings. The summed E-state index contributed by atoms with van der Waals surface area (Å²) in [5.41, 5.74) is 1.75. The van der Waals surface area contributed by atoms with Gasteiger partial charge in [0.15, 0.2) is 5.82 Å². The first-order chi connectivity index (χ1) is 20.5. The molecular formula is C29H37FN8O4. The van der Waals surface area contributed by atoms with Crippen molar-refractivity contribution in [3.05, 3.63) is 48.2 Å². The van der Waals surface area contributed by atoms with E-state index in [0.29, 0.717) is 60.7 Å². The van der Waals surface area contributed by atoms with E-state index in [0.717, 1.165) is 39.3 Å². The summed E-state index contributed by atoms with van der Waals surface area (Å²) in [6.45, 7) is 9.18. The summed E-state index contributed by atoms with van der Waals surface area (Å²) in [4.78, 5) is 34.6. The van der Waals surface area contributed by atoms with E-state index in [9.17, 15) is 9.18 Å². The molecule has 0 saturated carbocycles. The molecule has 0 atom stereocenters. The minimum Gasteiger partial charge on any atom is -0.378 e. The lowest BCUT2D eigenvalue weighted by Crippen LogP contribution is -2.53. The van der Waals surface area contributed by atoms with Crippen LogP contribution in [-0.4, -0.2) is 108 Å². The second-order valence-corrected chi connectivity index (χ2v) is 11.1. The fraction of sp³-hybridized carbons (Fsp3) is 0.517. The molecule has 0 radical (unpaired) electrons. The fourth-order valence-corrected chi connectivity index (χ4v) is 5.37. The van der Waals surface area contributed by atoms with E-state index in [4.69, 9.17) is 24.2 Å². The van der Waals surface area contributed by atoms with Crippen LogP contribution in [0.25, 0.3) is 22.6 Å². The minimum absolute atomic E-state index is 0.00510. The Bertz CT molecular complexity index is 1350. The summed E-state index contributed by atoms with van der Waals surface area (Å²) < 4.78 is 31.3. The quantitative estimate of drug-likeness (QED) is 0.324. The normalized spacial score (nSPS) is 23.3. The number of carbonyl (C=O) groups excluding carboxylic acids is 1. The Hall–Kier alpha value is -3.49. The number of halogens is 1. The smallest absolute Gasteiger partial charge is 0.233 e. The predicted octanol–water partition coefficient (Wildman–Crippen LogP) is 2.25. The van der Waals surface area contributed by atoms with Crippen LogP contribution in [0.4, 0.5) is 10.3 Å². The second-order valence-electron chi connectivity index (χ2n) is 11.1. The number of hydrogen-bond donors (Lipinski definition) is 3. The molecule has 0 bridgehead atoms. The average molecular weight is 581 g/mol. The van der Waals surface area contributed by atoms with Gasteiger partial charge < -0.3 is 34.7 Å². The van der Waals surface area contributed by atoms with Gasteiger partial charge in [0.1, 0.15) is 5.82 Å². The van der Waals surface area contributed by atoms with E-state index >= 15 is 0 Å². The molecule has 3 saturated heterocycles. The summed E-state index contributed by atoms with van der Waals surface area (Å²) in [6, 6.07) is 7.94. The Morgan fingerprint density at radius 1 is 1.12 bits per heavy atom. The van der Waals surface area contributed by atoms with Gasteiger partial charge in [0.05, 0.1) is 48.9 Å². The molecule has 6 rings (SSSR count). The van der Waals surface area contributed by atoms with Crippen LogP contribution in [0.2, 0.25) is 0 Å². The van der Waals surface area contributed by atoms with Crippen LogP contribution in [0.1, 0.15) is 25.5 Å². The Balaban J connectivity index is 1.19. The Kier molecular flexibility index (Phi) is 8.72. The summed E-state index contributed by atoms with van der Waals surface area (Å²) in [6.07, 6.45) is 1.86. The second kappa shape index (κ2) is 12.8. The van der Waals surface area contributed by atoms with Gasteiger partial charge in [-0.2, -0.15) is 0 Å². The SMILES string of the molecule is CC1(C(=O)N2CCOCC2)COC(c2nc(-c3ccc(F)cc3)c(-c3ccnc(NCCCN4CCNC4)n3)[nH]2)OC1. The first-order valence-electron chi connectivity index (χ1n) is 14.5. The highest BCUT2D eigenvalue weighted by atomic mass is 19.1. The summed E-state index contributed by atoms with van der Waals surface area (Å²) in [5, 5.41) is 6.65. The molecular weight excluding hydrogens is 543 g/mol. The highest BCUT2D eigenvalue weighted by molar-refractivity contribution is 5.83. The Labute approximate surface area is 244 Å². The number of nitrogens with zero attached hydrogens (tertiary/aromatic N) is 5. The van der Waals surface area contributed by atoms with Gasteiger partial charge in [-0.3, -0.25) is 9.69 Å². The van der Waals surface area contributed by atoms with E-state index < -0.39 is 11.7 Å². The number of aromatic amines is 1. The summed E-state index contributed by atoms with van der Waals surface area (Å²) >= 11 is 0. The Morgan fingerprint density at radius 3 is 2.64 bits per heavy atom. The molecule has 42 heavy (non-hydrogen) atoms. The van der Waals surface area contributed by atoms with Crippen molar-refractivity contribution in [1.82, 2.24) is 35.1 Å². The number of hydrogen-bond acceptors (Lipinski definition) is 10. The van der Waals surface area contributed by atoms with Crippen LogP contribution in [0.5, 0.6) is 0 Å². The van der Waals surface area contributed by atoms with Gasteiger partial charge in [-0.15, -0.1) is 0 Å². The number of rotatable bonds is 9. The van der Waals surface area contributed by atoms with E-state index in [1.165, 1.54) is 12.1 Å². The van der Waals surface area contributed by atoms with E-state index in [1.54, 1.807) is 29.3 Å². The van der Waals surface area contributed by atoms with Gasteiger partial charge in [0, 0.05) is 57.7 Å². The number of imidazole rings is 1. The van der Waals surface area contributed by atoms with E-state index in [1.807, 2.05) is 6.92 Å². The van der Waals surface area contributed by atoms with Crippen molar-refractivity contribution < 1.29 is 23.4 Å². The molecule has 224 valence electrons. The molecule has 0 aliphatic carbocycles. The van der Waals surface area contributed by atoms with Crippen molar-refractivity contribution in [2.45, 2.75) is 19.6 Å². The maximum atomic E-state index is 13.8. The first-order valence-corrected chi connectivity index (χ1v) is 14.5. The highest BCUT2D eigenvalue weighted by Gasteiger charge is 2.43. The monoisotopic (exact) mass is 580 g/mol. The molecule has 3 aromatic rings. The lowest BCUT2D eigenvalue weighted by molar-refractivity contribution is -0.235. The number of aromatic nitrogens is 4. The van der Waals surface area contributed by atoms with Gasteiger partial charge in [0.25, 0.3) is 0 Å².